The molecule has 0 spiro atoms. The van der Waals surface area contributed by atoms with Gasteiger partial charge in [-0.3, -0.25) is 0 Å². The van der Waals surface area contributed by atoms with E-state index < -0.39 is 0 Å². The van der Waals surface area contributed by atoms with Crippen LogP contribution in [0.4, 0.5) is 0 Å². The standard InChI is InChI=1S/C24H51P/c1-24(2)22-20-18-16-14-12-10-8-6-4-3-5-7-9-11-13-15-17-19-21-23-25/h24H,3-23,25H2,1-2H3. The molecule has 0 aromatic heterocycles. The molecule has 0 saturated heterocycles. The van der Waals surface area contributed by atoms with E-state index in [1.807, 2.05) is 0 Å². The summed E-state index contributed by atoms with van der Waals surface area (Å²) in [5.41, 5.74) is 0. The highest BCUT2D eigenvalue weighted by atomic mass is 31.0. The summed E-state index contributed by atoms with van der Waals surface area (Å²) in [7, 11) is 2.84. The van der Waals surface area contributed by atoms with Gasteiger partial charge in [0.25, 0.3) is 0 Å². The van der Waals surface area contributed by atoms with Crippen molar-refractivity contribution in [2.45, 2.75) is 142 Å². The van der Waals surface area contributed by atoms with Gasteiger partial charge in [0, 0.05) is 0 Å². The molecule has 1 unspecified atom stereocenters. The van der Waals surface area contributed by atoms with Crippen molar-refractivity contribution in [2.24, 2.45) is 5.92 Å². The van der Waals surface area contributed by atoms with E-state index in [0.29, 0.717) is 0 Å². The Labute approximate surface area is 163 Å². The SMILES string of the molecule is CC(C)CCCCCCCCCCCCCCCCCCCCCP. The van der Waals surface area contributed by atoms with E-state index in [4.69, 9.17) is 0 Å². The molecule has 1 atom stereocenters. The van der Waals surface area contributed by atoms with Crippen LogP contribution in [0.2, 0.25) is 0 Å². The van der Waals surface area contributed by atoms with E-state index in [0.717, 1.165) is 5.92 Å². The third-order valence-electron chi connectivity index (χ3n) is 5.49. The Balaban J connectivity index is 2.96. The quantitative estimate of drug-likeness (QED) is 0.139. The van der Waals surface area contributed by atoms with Gasteiger partial charge in [-0.1, -0.05) is 136 Å². The highest BCUT2D eigenvalue weighted by Crippen LogP contribution is 2.15. The summed E-state index contributed by atoms with van der Waals surface area (Å²) < 4.78 is 0. The van der Waals surface area contributed by atoms with Crippen LogP contribution < -0.4 is 0 Å². The van der Waals surface area contributed by atoms with Gasteiger partial charge in [-0.25, -0.2) is 0 Å². The molecule has 0 aliphatic carbocycles. The molecule has 0 bridgehead atoms. The van der Waals surface area contributed by atoms with Crippen molar-refractivity contribution >= 4 is 9.24 Å². The lowest BCUT2D eigenvalue weighted by Crippen LogP contribution is -1.87. The van der Waals surface area contributed by atoms with Crippen molar-refractivity contribution in [3.63, 3.8) is 0 Å². The molecule has 0 aromatic rings. The first-order valence-electron chi connectivity index (χ1n) is 12.0. The molecule has 0 nitrogen and oxygen atoms in total. The van der Waals surface area contributed by atoms with Gasteiger partial charge in [-0.2, -0.15) is 0 Å². The average molecular weight is 371 g/mol. The summed E-state index contributed by atoms with van der Waals surface area (Å²) in [5.74, 6) is 0.898. The third-order valence-corrected chi connectivity index (χ3v) is 5.89. The lowest BCUT2D eigenvalue weighted by molar-refractivity contribution is 0.501. The fourth-order valence-electron chi connectivity index (χ4n) is 3.70. The fourth-order valence-corrected chi connectivity index (χ4v) is 3.99. The zero-order chi connectivity index (χ0) is 18.4. The van der Waals surface area contributed by atoms with Crippen LogP contribution in [0.5, 0.6) is 0 Å². The van der Waals surface area contributed by atoms with Gasteiger partial charge in [0.05, 0.1) is 0 Å². The van der Waals surface area contributed by atoms with Crippen molar-refractivity contribution in [3.05, 3.63) is 0 Å². The second kappa shape index (κ2) is 22.5. The molecular weight excluding hydrogens is 319 g/mol. The van der Waals surface area contributed by atoms with Crippen molar-refractivity contribution in [1.82, 2.24) is 0 Å². The number of unbranched alkanes of at least 4 members (excludes halogenated alkanes) is 18. The second-order valence-corrected chi connectivity index (χ2v) is 9.27. The third kappa shape index (κ3) is 24.4. The molecule has 152 valence electrons. The maximum Gasteiger partial charge on any atom is -0.0381 e. The zero-order valence-corrected chi connectivity index (χ0v) is 19.2. The molecule has 25 heavy (non-hydrogen) atoms. The van der Waals surface area contributed by atoms with Gasteiger partial charge in [-0.15, -0.1) is 9.24 Å². The topological polar surface area (TPSA) is 0 Å². The first-order chi connectivity index (χ1) is 12.3. The van der Waals surface area contributed by atoms with Gasteiger partial charge in [-0.05, 0) is 18.5 Å². The maximum atomic E-state index is 2.84. The second-order valence-electron chi connectivity index (χ2n) is 8.69. The van der Waals surface area contributed by atoms with Gasteiger partial charge < -0.3 is 0 Å². The highest BCUT2D eigenvalue weighted by Gasteiger charge is 1.96. The van der Waals surface area contributed by atoms with E-state index in [9.17, 15) is 0 Å². The van der Waals surface area contributed by atoms with E-state index in [1.54, 1.807) is 0 Å². The monoisotopic (exact) mass is 370 g/mol. The van der Waals surface area contributed by atoms with Gasteiger partial charge in [0.2, 0.25) is 0 Å². The summed E-state index contributed by atoms with van der Waals surface area (Å²) >= 11 is 0. The first kappa shape index (κ1) is 25.4. The van der Waals surface area contributed by atoms with Crippen LogP contribution in [0.15, 0.2) is 0 Å². The van der Waals surface area contributed by atoms with Crippen LogP contribution in [-0.2, 0) is 0 Å². The van der Waals surface area contributed by atoms with Crippen molar-refractivity contribution < 1.29 is 0 Å². The molecule has 0 heterocycles. The molecule has 0 aliphatic heterocycles. The fraction of sp³-hybridized carbons (Fsp3) is 1.00. The Bertz CT molecular complexity index is 224. The normalized spacial score (nSPS) is 11.5. The molecule has 0 saturated carbocycles. The predicted octanol–water partition coefficient (Wildman–Crippen LogP) is 9.32. The van der Waals surface area contributed by atoms with Crippen LogP contribution >= 0.6 is 9.24 Å². The molecule has 0 N–H and O–H groups in total. The Morgan fingerprint density at radius 3 is 0.880 bits per heavy atom. The lowest BCUT2D eigenvalue weighted by atomic mass is 10.0. The van der Waals surface area contributed by atoms with E-state index in [-0.39, 0.29) is 0 Å². The molecule has 0 radical (unpaired) electrons. The molecule has 0 amide bonds. The van der Waals surface area contributed by atoms with Crippen LogP contribution in [0.25, 0.3) is 0 Å². The smallest absolute Gasteiger partial charge is 0.0381 e. The van der Waals surface area contributed by atoms with Crippen LogP contribution in [0.1, 0.15) is 142 Å². The Morgan fingerprint density at radius 1 is 0.400 bits per heavy atom. The zero-order valence-electron chi connectivity index (χ0n) is 18.0. The highest BCUT2D eigenvalue weighted by molar-refractivity contribution is 7.16. The summed E-state index contributed by atoms with van der Waals surface area (Å²) in [6.07, 6.45) is 30.7. The number of hydrogen-bond donors (Lipinski definition) is 0. The minimum absolute atomic E-state index is 0.898. The minimum Gasteiger partial charge on any atom is -0.138 e. The number of hydrogen-bond acceptors (Lipinski definition) is 0. The van der Waals surface area contributed by atoms with E-state index in [2.05, 4.69) is 23.1 Å². The van der Waals surface area contributed by atoms with Crippen molar-refractivity contribution in [2.75, 3.05) is 6.16 Å². The molecule has 0 fully saturated rings. The molecule has 1 heteroatoms. The van der Waals surface area contributed by atoms with Crippen LogP contribution in [-0.4, -0.2) is 6.16 Å². The summed E-state index contributed by atoms with van der Waals surface area (Å²) in [5, 5.41) is 0. The van der Waals surface area contributed by atoms with E-state index in [1.165, 1.54) is 135 Å². The largest absolute Gasteiger partial charge is 0.138 e. The van der Waals surface area contributed by atoms with Crippen LogP contribution in [0, 0.1) is 5.92 Å². The summed E-state index contributed by atoms with van der Waals surface area (Å²) in [4.78, 5) is 0. The van der Waals surface area contributed by atoms with Crippen molar-refractivity contribution in [3.8, 4) is 0 Å². The van der Waals surface area contributed by atoms with Crippen LogP contribution in [0.3, 0.4) is 0 Å². The van der Waals surface area contributed by atoms with Gasteiger partial charge in [0.15, 0.2) is 0 Å². The lowest BCUT2D eigenvalue weighted by Gasteiger charge is -2.05. The first-order valence-corrected chi connectivity index (χ1v) is 12.8. The van der Waals surface area contributed by atoms with Crippen molar-refractivity contribution in [1.29, 1.82) is 0 Å². The van der Waals surface area contributed by atoms with E-state index >= 15 is 0 Å². The number of rotatable bonds is 21. The Kier molecular flexibility index (Phi) is 22.9. The molecule has 0 rings (SSSR count). The predicted molar refractivity (Wildman–Crippen MR) is 122 cm³/mol. The summed E-state index contributed by atoms with van der Waals surface area (Å²) in [6, 6.07) is 0. The van der Waals surface area contributed by atoms with Gasteiger partial charge in [0.1, 0.15) is 0 Å². The Hall–Kier alpha value is 0.430. The molecule has 0 aromatic carbocycles. The maximum absolute atomic E-state index is 2.84. The molecule has 0 aliphatic rings. The molecular formula is C24H51P. The van der Waals surface area contributed by atoms with Gasteiger partial charge >= 0.3 is 0 Å². The Morgan fingerprint density at radius 2 is 0.640 bits per heavy atom. The summed E-state index contributed by atoms with van der Waals surface area (Å²) in [6.45, 7) is 4.68. The minimum atomic E-state index is 0.898. The average Bonchev–Trinajstić information content (AvgIpc) is 2.60.